The molecule has 3 rings (SSSR count). The zero-order valence-electron chi connectivity index (χ0n) is 14.7. The van der Waals surface area contributed by atoms with Crippen molar-refractivity contribution in [2.75, 3.05) is 26.8 Å². The third kappa shape index (κ3) is 3.82. The molecule has 3 heterocycles. The topological polar surface area (TPSA) is 89.0 Å². The third-order valence-corrected chi connectivity index (χ3v) is 5.12. The number of rotatable bonds is 2. The number of carbonyl (C=O) groups is 2. The number of carbonyl (C=O) groups excluding carboxylic acids is 2. The summed E-state index contributed by atoms with van der Waals surface area (Å²) in [5, 5.41) is 10.3. The first-order chi connectivity index (χ1) is 11.8. The number of pyridine rings is 1. The van der Waals surface area contributed by atoms with Gasteiger partial charge in [0, 0.05) is 31.9 Å². The van der Waals surface area contributed by atoms with Gasteiger partial charge in [-0.15, -0.1) is 0 Å². The Bertz CT molecular complexity index is 665. The predicted octanol–water partition coefficient (Wildman–Crippen LogP) is 1.40. The van der Waals surface area contributed by atoms with Crippen LogP contribution < -0.4 is 0 Å². The van der Waals surface area contributed by atoms with E-state index in [4.69, 9.17) is 4.74 Å². The van der Waals surface area contributed by atoms with E-state index in [9.17, 15) is 14.7 Å². The van der Waals surface area contributed by atoms with Crippen molar-refractivity contribution >= 4 is 11.9 Å². The lowest BCUT2D eigenvalue weighted by atomic mass is 9.78. The van der Waals surface area contributed by atoms with Crippen molar-refractivity contribution in [3.8, 4) is 0 Å². The van der Waals surface area contributed by atoms with E-state index < -0.39 is 11.6 Å². The lowest BCUT2D eigenvalue weighted by Crippen LogP contribution is -2.54. The van der Waals surface area contributed by atoms with Crippen molar-refractivity contribution in [2.45, 2.75) is 43.8 Å². The molecule has 7 nitrogen and oxygen atoms in total. The highest BCUT2D eigenvalue weighted by molar-refractivity contribution is 5.97. The summed E-state index contributed by atoms with van der Waals surface area (Å²) in [6, 6.07) is 1.51. The zero-order valence-corrected chi connectivity index (χ0v) is 14.7. The van der Waals surface area contributed by atoms with Crippen LogP contribution in [0.2, 0.25) is 0 Å². The van der Waals surface area contributed by atoms with E-state index in [1.807, 2.05) is 6.92 Å². The normalized spacial score (nSPS) is 25.6. The Kier molecular flexibility index (Phi) is 4.79. The molecule has 0 radical (unpaired) electrons. The van der Waals surface area contributed by atoms with Gasteiger partial charge < -0.3 is 19.5 Å². The maximum absolute atomic E-state index is 12.7. The molecule has 1 N–H and O–H groups in total. The summed E-state index contributed by atoms with van der Waals surface area (Å²) in [4.78, 5) is 30.0. The highest BCUT2D eigenvalue weighted by atomic mass is 16.5. The molecule has 1 aromatic rings. The number of piperidine rings is 1. The SMILES string of the molecule is COC(=O)c1cncc(C(=O)N2CCC3(CC2)CC(C)(O)CCO3)c1. The number of hydrogen-bond donors (Lipinski definition) is 1. The fourth-order valence-electron chi connectivity index (χ4n) is 3.73. The molecule has 0 bridgehead atoms. The minimum Gasteiger partial charge on any atom is -0.465 e. The first kappa shape index (κ1) is 17.8. The number of methoxy groups -OCH3 is 1. The van der Waals surface area contributed by atoms with Crippen molar-refractivity contribution < 1.29 is 24.2 Å². The van der Waals surface area contributed by atoms with Gasteiger partial charge in [-0.1, -0.05) is 0 Å². The number of likely N-dealkylation sites (tertiary alicyclic amines) is 1. The third-order valence-electron chi connectivity index (χ3n) is 5.12. The number of hydrogen-bond acceptors (Lipinski definition) is 6. The average Bonchev–Trinajstić information content (AvgIpc) is 2.60. The van der Waals surface area contributed by atoms with Gasteiger partial charge in [0.1, 0.15) is 0 Å². The van der Waals surface area contributed by atoms with E-state index in [0.717, 1.165) is 0 Å². The Hall–Kier alpha value is -1.99. The van der Waals surface area contributed by atoms with Crippen LogP contribution in [0.1, 0.15) is 53.3 Å². The molecule has 0 aliphatic carbocycles. The van der Waals surface area contributed by atoms with Gasteiger partial charge in [-0.25, -0.2) is 4.79 Å². The van der Waals surface area contributed by atoms with Crippen molar-refractivity contribution in [2.24, 2.45) is 0 Å². The summed E-state index contributed by atoms with van der Waals surface area (Å²) in [5.41, 5.74) is -0.419. The van der Waals surface area contributed by atoms with Crippen LogP contribution >= 0.6 is 0 Å². The Morgan fingerprint density at radius 1 is 1.24 bits per heavy atom. The van der Waals surface area contributed by atoms with Gasteiger partial charge in [0.15, 0.2) is 0 Å². The molecule has 1 aromatic heterocycles. The molecule has 7 heteroatoms. The highest BCUT2D eigenvalue weighted by Crippen LogP contribution is 2.39. The fourth-order valence-corrected chi connectivity index (χ4v) is 3.73. The Morgan fingerprint density at radius 2 is 1.92 bits per heavy atom. The van der Waals surface area contributed by atoms with E-state index in [2.05, 4.69) is 9.72 Å². The largest absolute Gasteiger partial charge is 0.465 e. The van der Waals surface area contributed by atoms with Gasteiger partial charge in [0.25, 0.3) is 5.91 Å². The summed E-state index contributed by atoms with van der Waals surface area (Å²) in [7, 11) is 1.29. The Balaban J connectivity index is 1.67. The van der Waals surface area contributed by atoms with E-state index >= 15 is 0 Å². The second-order valence-electron chi connectivity index (χ2n) is 7.20. The summed E-state index contributed by atoms with van der Waals surface area (Å²) < 4.78 is 10.6. The lowest BCUT2D eigenvalue weighted by molar-refractivity contribution is -0.170. The first-order valence-corrected chi connectivity index (χ1v) is 8.53. The molecule has 0 aromatic carbocycles. The summed E-state index contributed by atoms with van der Waals surface area (Å²) in [5.74, 6) is -0.673. The molecular formula is C18H24N2O5. The quantitative estimate of drug-likeness (QED) is 0.813. The smallest absolute Gasteiger partial charge is 0.339 e. The van der Waals surface area contributed by atoms with Crippen LogP contribution in [0.5, 0.6) is 0 Å². The van der Waals surface area contributed by atoms with Gasteiger partial charge in [-0.05, 0) is 32.3 Å². The van der Waals surface area contributed by atoms with Gasteiger partial charge in [-0.2, -0.15) is 0 Å². The number of aromatic nitrogens is 1. The van der Waals surface area contributed by atoms with Crippen LogP contribution in [0.25, 0.3) is 0 Å². The highest BCUT2D eigenvalue weighted by Gasteiger charge is 2.45. The molecule has 2 saturated heterocycles. The molecule has 1 unspecified atom stereocenters. The van der Waals surface area contributed by atoms with Crippen molar-refractivity contribution in [3.63, 3.8) is 0 Å². The first-order valence-electron chi connectivity index (χ1n) is 8.53. The standard InChI is InChI=1S/C18H24N2O5/c1-17(23)5-8-25-18(12-17)3-6-20(7-4-18)15(21)13-9-14(11-19-10-13)16(22)24-2/h9-11,23H,3-8,12H2,1-2H3. The second kappa shape index (κ2) is 6.72. The molecule has 2 aliphatic heterocycles. The molecule has 1 amide bonds. The molecule has 136 valence electrons. The monoisotopic (exact) mass is 348 g/mol. The van der Waals surface area contributed by atoms with Gasteiger partial charge >= 0.3 is 5.97 Å². The summed E-state index contributed by atoms with van der Waals surface area (Å²) in [6.45, 7) is 3.50. The van der Waals surface area contributed by atoms with Crippen LogP contribution in [0.15, 0.2) is 18.5 Å². The Morgan fingerprint density at radius 3 is 2.56 bits per heavy atom. The van der Waals surface area contributed by atoms with Crippen LogP contribution in [0.3, 0.4) is 0 Å². The van der Waals surface area contributed by atoms with Crippen molar-refractivity contribution in [3.05, 3.63) is 29.6 Å². The Labute approximate surface area is 146 Å². The second-order valence-corrected chi connectivity index (χ2v) is 7.20. The van der Waals surface area contributed by atoms with Crippen molar-refractivity contribution in [1.29, 1.82) is 0 Å². The number of aliphatic hydroxyl groups is 1. The van der Waals surface area contributed by atoms with Gasteiger partial charge in [0.05, 0.1) is 36.0 Å². The number of esters is 1. The van der Waals surface area contributed by atoms with E-state index in [1.165, 1.54) is 25.6 Å². The summed E-state index contributed by atoms with van der Waals surface area (Å²) in [6.07, 6.45) is 5.47. The summed E-state index contributed by atoms with van der Waals surface area (Å²) >= 11 is 0. The molecule has 2 fully saturated rings. The lowest BCUT2D eigenvalue weighted by Gasteiger charge is -2.48. The molecule has 25 heavy (non-hydrogen) atoms. The van der Waals surface area contributed by atoms with E-state index in [1.54, 1.807) is 4.90 Å². The molecule has 1 spiro atoms. The molecular weight excluding hydrogens is 324 g/mol. The van der Waals surface area contributed by atoms with Gasteiger partial charge in [-0.3, -0.25) is 9.78 Å². The molecule has 2 aliphatic rings. The number of ether oxygens (including phenoxy) is 2. The predicted molar refractivity (Wildman–Crippen MR) is 89.3 cm³/mol. The van der Waals surface area contributed by atoms with Crippen molar-refractivity contribution in [1.82, 2.24) is 9.88 Å². The zero-order chi connectivity index (χ0) is 18.1. The minimum atomic E-state index is -0.705. The van der Waals surface area contributed by atoms with Crippen LogP contribution in [0, 0.1) is 0 Å². The van der Waals surface area contributed by atoms with E-state index in [-0.39, 0.29) is 17.1 Å². The molecule has 0 saturated carbocycles. The maximum Gasteiger partial charge on any atom is 0.339 e. The number of nitrogens with zero attached hydrogens (tertiary/aromatic N) is 2. The van der Waals surface area contributed by atoms with Crippen LogP contribution in [0.4, 0.5) is 0 Å². The molecule has 1 atom stereocenters. The fraction of sp³-hybridized carbons (Fsp3) is 0.611. The van der Waals surface area contributed by atoms with Crippen LogP contribution in [-0.2, 0) is 9.47 Å². The van der Waals surface area contributed by atoms with Crippen LogP contribution in [-0.4, -0.2) is 64.9 Å². The van der Waals surface area contributed by atoms with E-state index in [0.29, 0.717) is 50.9 Å². The average molecular weight is 348 g/mol. The number of amides is 1. The maximum atomic E-state index is 12.7. The minimum absolute atomic E-state index is 0.157. The van der Waals surface area contributed by atoms with Gasteiger partial charge in [0.2, 0.25) is 0 Å².